The van der Waals surface area contributed by atoms with Gasteiger partial charge in [-0.3, -0.25) is 14.5 Å². The Kier molecular flexibility index (Phi) is 7.83. The summed E-state index contributed by atoms with van der Waals surface area (Å²) in [6.07, 6.45) is 1.62. The first-order chi connectivity index (χ1) is 16.8. The average Bonchev–Trinajstić information content (AvgIpc) is 3.09. The van der Waals surface area contributed by atoms with Gasteiger partial charge in [-0.05, 0) is 88.8 Å². The van der Waals surface area contributed by atoms with Gasteiger partial charge in [-0.2, -0.15) is 0 Å². The molecule has 3 aromatic rings. The molecule has 1 aliphatic rings. The van der Waals surface area contributed by atoms with Gasteiger partial charge in [0.1, 0.15) is 0 Å². The second-order valence-electron chi connectivity index (χ2n) is 7.65. The summed E-state index contributed by atoms with van der Waals surface area (Å²) >= 11 is 9.09. The predicted octanol–water partition coefficient (Wildman–Crippen LogP) is 6.72. The Balaban J connectivity index is 1.57. The van der Waals surface area contributed by atoms with Crippen LogP contribution in [0.1, 0.15) is 27.0 Å². The summed E-state index contributed by atoms with van der Waals surface area (Å²) in [7, 11) is 1.47. The van der Waals surface area contributed by atoms with Gasteiger partial charge < -0.3 is 9.47 Å². The number of carbonyl (C=O) groups is 3. The molecule has 0 bridgehead atoms. The van der Waals surface area contributed by atoms with E-state index in [-0.39, 0.29) is 22.4 Å². The predicted molar refractivity (Wildman–Crippen MR) is 145 cm³/mol. The number of thioether (sulfide) groups is 1. The third-order valence-electron chi connectivity index (χ3n) is 5.19. The van der Waals surface area contributed by atoms with Crippen LogP contribution >= 0.6 is 46.0 Å². The van der Waals surface area contributed by atoms with Gasteiger partial charge >= 0.3 is 5.97 Å². The van der Waals surface area contributed by atoms with E-state index in [1.54, 1.807) is 54.6 Å². The highest BCUT2D eigenvalue weighted by molar-refractivity contribution is 14.1. The summed E-state index contributed by atoms with van der Waals surface area (Å²) in [6, 6.07) is 17.6. The quantitative estimate of drug-likeness (QED) is 0.132. The maximum absolute atomic E-state index is 12.9. The molecule has 0 N–H and O–H groups in total. The minimum atomic E-state index is -0.505. The lowest BCUT2D eigenvalue weighted by Crippen LogP contribution is -2.27. The summed E-state index contributed by atoms with van der Waals surface area (Å²) in [5.41, 5.74) is 2.78. The molecule has 0 spiro atoms. The Morgan fingerprint density at radius 3 is 2.51 bits per heavy atom. The molecule has 6 nitrogen and oxygen atoms in total. The third kappa shape index (κ3) is 5.71. The van der Waals surface area contributed by atoms with E-state index in [4.69, 9.17) is 21.1 Å². The standard InChI is InChI=1S/C26H19ClINO5S/c1-15-7-9-17(10-8-15)25(31)34-23-20(28)11-16(12-21(23)33-2)13-22-24(30)29(26(32)35-22)14-18-5-3-4-6-19(18)27/h3-13H,14H2,1-2H3/b22-13-. The van der Waals surface area contributed by atoms with E-state index in [1.165, 1.54) is 7.11 Å². The Morgan fingerprint density at radius 1 is 1.11 bits per heavy atom. The van der Waals surface area contributed by atoms with Crippen molar-refractivity contribution in [3.05, 3.63) is 96.4 Å². The van der Waals surface area contributed by atoms with Crippen LogP contribution in [0, 0.1) is 10.5 Å². The maximum atomic E-state index is 12.9. The number of nitrogens with zero attached hydrogens (tertiary/aromatic N) is 1. The molecule has 0 atom stereocenters. The van der Waals surface area contributed by atoms with Gasteiger partial charge in [0.25, 0.3) is 11.1 Å². The van der Waals surface area contributed by atoms with E-state index in [1.807, 2.05) is 41.6 Å². The van der Waals surface area contributed by atoms with Crippen molar-refractivity contribution in [3.8, 4) is 11.5 Å². The molecule has 1 saturated heterocycles. The molecule has 3 aromatic carbocycles. The zero-order chi connectivity index (χ0) is 25.1. The minimum Gasteiger partial charge on any atom is -0.493 e. The molecule has 1 heterocycles. The first-order valence-corrected chi connectivity index (χ1v) is 12.7. The SMILES string of the molecule is COc1cc(/C=C2\SC(=O)N(Cc3ccccc3Cl)C2=O)cc(I)c1OC(=O)c1ccc(C)cc1. The van der Waals surface area contributed by atoms with E-state index in [0.29, 0.717) is 31.0 Å². The molecular formula is C26H19ClINO5S. The molecule has 4 rings (SSSR count). The van der Waals surface area contributed by atoms with Crippen LogP contribution < -0.4 is 9.47 Å². The summed E-state index contributed by atoms with van der Waals surface area (Å²) in [5, 5.41) is 0.122. The molecule has 0 saturated carbocycles. The van der Waals surface area contributed by atoms with Crippen LogP contribution in [0.3, 0.4) is 0 Å². The molecule has 1 aliphatic heterocycles. The van der Waals surface area contributed by atoms with Crippen LogP contribution in [0.5, 0.6) is 11.5 Å². The highest BCUT2D eigenvalue weighted by Gasteiger charge is 2.35. The second-order valence-corrected chi connectivity index (χ2v) is 10.2. The molecule has 35 heavy (non-hydrogen) atoms. The van der Waals surface area contributed by atoms with Gasteiger partial charge in [-0.25, -0.2) is 4.79 Å². The fourth-order valence-electron chi connectivity index (χ4n) is 3.35. The molecule has 0 radical (unpaired) electrons. The third-order valence-corrected chi connectivity index (χ3v) is 7.27. The molecular weight excluding hydrogens is 601 g/mol. The summed E-state index contributed by atoms with van der Waals surface area (Å²) in [6.45, 7) is 2.03. The van der Waals surface area contributed by atoms with Crippen molar-refractivity contribution in [1.82, 2.24) is 4.90 Å². The fraction of sp³-hybridized carbons (Fsp3) is 0.115. The fourth-order valence-corrected chi connectivity index (χ4v) is 5.12. The van der Waals surface area contributed by atoms with Gasteiger partial charge in [-0.15, -0.1) is 0 Å². The van der Waals surface area contributed by atoms with E-state index in [9.17, 15) is 14.4 Å². The van der Waals surface area contributed by atoms with E-state index in [2.05, 4.69) is 0 Å². The number of methoxy groups -OCH3 is 1. The normalized spacial score (nSPS) is 14.5. The minimum absolute atomic E-state index is 0.0937. The first-order valence-electron chi connectivity index (χ1n) is 10.4. The van der Waals surface area contributed by atoms with E-state index < -0.39 is 11.9 Å². The Morgan fingerprint density at radius 2 is 1.83 bits per heavy atom. The number of esters is 1. The maximum Gasteiger partial charge on any atom is 0.343 e. The number of halogens is 2. The number of hydrogen-bond donors (Lipinski definition) is 0. The van der Waals surface area contributed by atoms with Crippen molar-refractivity contribution in [2.24, 2.45) is 0 Å². The Hall–Kier alpha value is -2.82. The van der Waals surface area contributed by atoms with Crippen molar-refractivity contribution in [3.63, 3.8) is 0 Å². The lowest BCUT2D eigenvalue weighted by molar-refractivity contribution is -0.123. The molecule has 1 fully saturated rings. The Labute approximate surface area is 225 Å². The van der Waals surface area contributed by atoms with Gasteiger partial charge in [0.15, 0.2) is 11.5 Å². The molecule has 0 unspecified atom stereocenters. The van der Waals surface area contributed by atoms with Crippen molar-refractivity contribution >= 4 is 69.1 Å². The molecule has 178 valence electrons. The Bertz CT molecular complexity index is 1360. The van der Waals surface area contributed by atoms with Gasteiger partial charge in [0, 0.05) is 5.02 Å². The largest absolute Gasteiger partial charge is 0.493 e. The van der Waals surface area contributed by atoms with Crippen LogP contribution in [-0.4, -0.2) is 29.1 Å². The second kappa shape index (κ2) is 10.8. The molecule has 0 aliphatic carbocycles. The molecule has 9 heteroatoms. The highest BCUT2D eigenvalue weighted by Crippen LogP contribution is 2.38. The van der Waals surface area contributed by atoms with Crippen LogP contribution in [0.15, 0.2) is 65.6 Å². The summed E-state index contributed by atoms with van der Waals surface area (Å²) in [4.78, 5) is 39.5. The number of benzene rings is 3. The number of aryl methyl sites for hydroxylation is 1. The number of imide groups is 1. The van der Waals surface area contributed by atoms with Crippen molar-refractivity contribution in [2.45, 2.75) is 13.5 Å². The number of amides is 2. The van der Waals surface area contributed by atoms with Gasteiger partial charge in [-0.1, -0.05) is 47.5 Å². The molecule has 0 aromatic heterocycles. The van der Waals surface area contributed by atoms with Crippen LogP contribution in [-0.2, 0) is 11.3 Å². The smallest absolute Gasteiger partial charge is 0.343 e. The number of carbonyl (C=O) groups excluding carboxylic acids is 3. The topological polar surface area (TPSA) is 72.9 Å². The van der Waals surface area contributed by atoms with Gasteiger partial charge in [0.05, 0.1) is 27.7 Å². The monoisotopic (exact) mass is 619 g/mol. The zero-order valence-electron chi connectivity index (χ0n) is 18.7. The van der Waals surface area contributed by atoms with Gasteiger partial charge in [0.2, 0.25) is 0 Å². The van der Waals surface area contributed by atoms with Crippen LogP contribution in [0.25, 0.3) is 6.08 Å². The highest BCUT2D eigenvalue weighted by atomic mass is 127. The lowest BCUT2D eigenvalue weighted by atomic mass is 10.1. The summed E-state index contributed by atoms with van der Waals surface area (Å²) in [5.74, 6) is -0.292. The van der Waals surface area contributed by atoms with Crippen molar-refractivity contribution < 1.29 is 23.9 Å². The first kappa shape index (κ1) is 25.3. The summed E-state index contributed by atoms with van der Waals surface area (Å²) < 4.78 is 11.7. The average molecular weight is 620 g/mol. The van der Waals surface area contributed by atoms with E-state index >= 15 is 0 Å². The van der Waals surface area contributed by atoms with Crippen molar-refractivity contribution in [2.75, 3.05) is 7.11 Å². The zero-order valence-corrected chi connectivity index (χ0v) is 22.4. The van der Waals surface area contributed by atoms with Crippen molar-refractivity contribution in [1.29, 1.82) is 0 Å². The molecule has 2 amide bonds. The number of ether oxygens (including phenoxy) is 2. The number of rotatable bonds is 6. The number of hydrogen-bond acceptors (Lipinski definition) is 6. The lowest BCUT2D eigenvalue weighted by Gasteiger charge is -2.13. The van der Waals surface area contributed by atoms with Crippen LogP contribution in [0.2, 0.25) is 5.02 Å². The van der Waals surface area contributed by atoms with E-state index in [0.717, 1.165) is 22.2 Å². The van der Waals surface area contributed by atoms with Crippen LogP contribution in [0.4, 0.5) is 4.79 Å².